The molecule has 0 radical (unpaired) electrons. The van der Waals surface area contributed by atoms with E-state index in [1.807, 2.05) is 0 Å². The fourth-order valence-electron chi connectivity index (χ4n) is 13.7. The Balaban J connectivity index is 5.26. The van der Waals surface area contributed by atoms with Crippen molar-refractivity contribution in [3.63, 3.8) is 0 Å². The molecule has 0 bridgehead atoms. The molecule has 0 heterocycles. The van der Waals surface area contributed by atoms with E-state index in [1.54, 1.807) is 0 Å². The molecule has 0 rings (SSSR count). The number of hydrogen-bond acceptors (Lipinski definition) is 15. The van der Waals surface area contributed by atoms with Crippen LogP contribution in [0.2, 0.25) is 0 Å². The number of carbonyl (C=O) groups excluding carboxylic acids is 4. The lowest BCUT2D eigenvalue weighted by molar-refractivity contribution is -0.161. The second-order valence-corrected chi connectivity index (χ2v) is 35.3. The summed E-state index contributed by atoms with van der Waals surface area (Å²) in [6.45, 7) is 9.71. The minimum atomic E-state index is -4.97. The highest BCUT2D eigenvalue weighted by atomic mass is 31.2. The van der Waals surface area contributed by atoms with Gasteiger partial charge in [-0.2, -0.15) is 0 Å². The third-order valence-corrected chi connectivity index (χ3v) is 23.0. The lowest BCUT2D eigenvalue weighted by atomic mass is 9.99. The van der Waals surface area contributed by atoms with Gasteiger partial charge < -0.3 is 33.8 Å². The summed E-state index contributed by atoms with van der Waals surface area (Å²) in [5.74, 6) is -0.527. The number of ether oxygens (including phenoxy) is 4. The van der Waals surface area contributed by atoms with Crippen LogP contribution in [-0.2, 0) is 65.4 Å². The van der Waals surface area contributed by atoms with Gasteiger partial charge in [-0.15, -0.1) is 0 Å². The van der Waals surface area contributed by atoms with Gasteiger partial charge in [0.25, 0.3) is 0 Å². The first-order valence-electron chi connectivity index (χ1n) is 45.5. The molecule has 6 atom stereocenters. The number of hydrogen-bond donors (Lipinski definition) is 3. The fourth-order valence-corrected chi connectivity index (χ4v) is 15.3. The maximum atomic E-state index is 13.2. The summed E-state index contributed by atoms with van der Waals surface area (Å²) in [5, 5.41) is 10.7. The summed E-state index contributed by atoms with van der Waals surface area (Å²) in [6, 6.07) is 0. The molecule has 636 valence electrons. The van der Waals surface area contributed by atoms with Gasteiger partial charge >= 0.3 is 39.5 Å². The second-order valence-electron chi connectivity index (χ2n) is 32.4. The van der Waals surface area contributed by atoms with Crippen molar-refractivity contribution in [1.82, 2.24) is 0 Å². The third-order valence-electron chi connectivity index (χ3n) is 21.1. The van der Waals surface area contributed by atoms with Crippen molar-refractivity contribution >= 4 is 39.5 Å². The molecule has 107 heavy (non-hydrogen) atoms. The molecule has 0 aliphatic heterocycles. The second kappa shape index (κ2) is 79.3. The van der Waals surface area contributed by atoms with E-state index < -0.39 is 97.5 Å². The molecule has 0 saturated carbocycles. The summed E-state index contributed by atoms with van der Waals surface area (Å²) in [7, 11) is -9.93. The average molecular weight is 1560 g/mol. The first-order valence-corrected chi connectivity index (χ1v) is 48.5. The number of unbranched alkanes of at least 4 members (excludes halogenated alkanes) is 56. The van der Waals surface area contributed by atoms with Gasteiger partial charge in [0.2, 0.25) is 0 Å². The molecule has 3 unspecified atom stereocenters. The van der Waals surface area contributed by atoms with Crippen molar-refractivity contribution in [2.24, 2.45) is 11.8 Å². The molecule has 0 aliphatic rings. The van der Waals surface area contributed by atoms with Crippen molar-refractivity contribution in [3.8, 4) is 0 Å². The molecule has 0 aromatic rings. The maximum Gasteiger partial charge on any atom is 0.472 e. The zero-order chi connectivity index (χ0) is 78.5. The lowest BCUT2D eigenvalue weighted by Gasteiger charge is -2.21. The van der Waals surface area contributed by atoms with Crippen LogP contribution in [0.4, 0.5) is 0 Å². The van der Waals surface area contributed by atoms with E-state index >= 15 is 0 Å². The standard InChI is InChI=1S/C88H172O17P2/c1-7-10-12-14-16-18-20-22-24-26-28-29-31-33-38-42-46-54-60-66-72-87(92)104-83(76-98-85(90)70-64-58-52-45-41-37-32-30-27-25-23-21-19-17-15-13-11-8-2)78-102-106(94,95)100-74-82(89)75-101-107(96,97)103-79-84(77-99-86(91)71-65-59-53-49-48-51-57-63-69-81(6)9-3)105-88(93)73-67-61-55-47-43-39-35-34-36-40-44-50-56-62-68-80(4)5/h80-84,89H,7-79H2,1-6H3,(H,94,95)(H,96,97)/t81?,82-,83-,84-/m1/s1. The zero-order valence-corrected chi connectivity index (χ0v) is 72.2. The summed E-state index contributed by atoms with van der Waals surface area (Å²) in [4.78, 5) is 73.3. The molecule has 3 N–H and O–H groups in total. The molecule has 0 saturated heterocycles. The van der Waals surface area contributed by atoms with Crippen molar-refractivity contribution in [2.75, 3.05) is 39.6 Å². The van der Waals surface area contributed by atoms with Crippen LogP contribution in [0.5, 0.6) is 0 Å². The Labute approximate surface area is 658 Å². The number of esters is 4. The number of phosphoric ester groups is 2. The van der Waals surface area contributed by atoms with Gasteiger partial charge in [-0.3, -0.25) is 37.3 Å². The van der Waals surface area contributed by atoms with Gasteiger partial charge in [0.15, 0.2) is 12.2 Å². The average Bonchev–Trinajstić information content (AvgIpc) is 0.925. The van der Waals surface area contributed by atoms with Gasteiger partial charge in [-0.1, -0.05) is 420 Å². The SMILES string of the molecule is CCCCCCCCCCCCCCCCCCCCCCC(=O)O[C@H](COC(=O)CCCCCCCCCCCCCCCCCCCC)COP(=O)(O)OC[C@@H](O)COP(=O)(O)OC[C@@H](COC(=O)CCCCCCCCCCC(C)CC)OC(=O)CCCCCCCCCCCCCCCCC(C)C. The van der Waals surface area contributed by atoms with Crippen LogP contribution in [0.25, 0.3) is 0 Å². The fraction of sp³-hybridized carbons (Fsp3) is 0.955. The number of carbonyl (C=O) groups is 4. The van der Waals surface area contributed by atoms with Crippen LogP contribution in [0.15, 0.2) is 0 Å². The van der Waals surface area contributed by atoms with Crippen molar-refractivity contribution < 1.29 is 80.2 Å². The maximum absolute atomic E-state index is 13.2. The topological polar surface area (TPSA) is 237 Å². The van der Waals surface area contributed by atoms with E-state index in [2.05, 4.69) is 41.5 Å². The lowest BCUT2D eigenvalue weighted by Crippen LogP contribution is -2.30. The molecule has 0 amide bonds. The molecule has 19 heteroatoms. The predicted octanol–water partition coefficient (Wildman–Crippen LogP) is 27.0. The minimum absolute atomic E-state index is 0.107. The van der Waals surface area contributed by atoms with Gasteiger partial charge in [-0.25, -0.2) is 9.13 Å². The number of aliphatic hydroxyl groups excluding tert-OH is 1. The van der Waals surface area contributed by atoms with Gasteiger partial charge in [0.1, 0.15) is 19.3 Å². The van der Waals surface area contributed by atoms with E-state index in [1.165, 1.54) is 289 Å². The van der Waals surface area contributed by atoms with E-state index in [0.29, 0.717) is 25.7 Å². The van der Waals surface area contributed by atoms with Crippen molar-refractivity contribution in [2.45, 2.75) is 490 Å². The first kappa shape index (κ1) is 105. The highest BCUT2D eigenvalue weighted by molar-refractivity contribution is 7.47. The van der Waals surface area contributed by atoms with Crippen molar-refractivity contribution in [3.05, 3.63) is 0 Å². The smallest absolute Gasteiger partial charge is 0.462 e. The highest BCUT2D eigenvalue weighted by Gasteiger charge is 2.31. The van der Waals surface area contributed by atoms with Crippen LogP contribution >= 0.6 is 15.6 Å². The molecule has 0 spiro atoms. The Hall–Kier alpha value is -1.94. The molecular weight excluding hydrogens is 1390 g/mol. The molecule has 0 fully saturated rings. The summed E-state index contributed by atoms with van der Waals surface area (Å²) in [5.41, 5.74) is 0. The van der Waals surface area contributed by atoms with Gasteiger partial charge in [-0.05, 0) is 37.5 Å². The van der Waals surface area contributed by atoms with E-state index in [-0.39, 0.29) is 25.7 Å². The van der Waals surface area contributed by atoms with Crippen LogP contribution in [0.1, 0.15) is 472 Å². The Kier molecular flexibility index (Phi) is 77.9. The van der Waals surface area contributed by atoms with Crippen LogP contribution < -0.4 is 0 Å². The monoisotopic (exact) mass is 1560 g/mol. The van der Waals surface area contributed by atoms with E-state index in [9.17, 15) is 43.2 Å². The summed E-state index contributed by atoms with van der Waals surface area (Å²) < 4.78 is 69.0. The zero-order valence-electron chi connectivity index (χ0n) is 70.5. The number of rotatable bonds is 87. The Morgan fingerprint density at radius 2 is 0.477 bits per heavy atom. The molecule has 0 aliphatic carbocycles. The Morgan fingerprint density at radius 3 is 0.710 bits per heavy atom. The van der Waals surface area contributed by atoms with Crippen molar-refractivity contribution in [1.29, 1.82) is 0 Å². The Bertz CT molecular complexity index is 2050. The van der Waals surface area contributed by atoms with Gasteiger partial charge in [0.05, 0.1) is 26.4 Å². The van der Waals surface area contributed by atoms with E-state index in [4.69, 9.17) is 37.0 Å². The van der Waals surface area contributed by atoms with Crippen LogP contribution in [0.3, 0.4) is 0 Å². The largest absolute Gasteiger partial charge is 0.472 e. The van der Waals surface area contributed by atoms with Gasteiger partial charge in [0, 0.05) is 25.7 Å². The minimum Gasteiger partial charge on any atom is -0.462 e. The van der Waals surface area contributed by atoms with Crippen LogP contribution in [-0.4, -0.2) is 96.7 Å². The van der Waals surface area contributed by atoms with Crippen LogP contribution in [0, 0.1) is 11.8 Å². The normalized spacial score (nSPS) is 14.0. The molecule has 0 aromatic heterocycles. The quantitative estimate of drug-likeness (QED) is 0.0222. The summed E-state index contributed by atoms with van der Waals surface area (Å²) in [6.07, 6.45) is 72.2. The van der Waals surface area contributed by atoms with E-state index in [0.717, 1.165) is 102 Å². The Morgan fingerprint density at radius 1 is 0.271 bits per heavy atom. The number of aliphatic hydroxyl groups is 1. The highest BCUT2D eigenvalue weighted by Crippen LogP contribution is 2.45. The third kappa shape index (κ3) is 80.5. The number of phosphoric acid groups is 2. The summed E-state index contributed by atoms with van der Waals surface area (Å²) >= 11 is 0. The molecule has 0 aromatic carbocycles. The molecular formula is C88H172O17P2. The molecule has 17 nitrogen and oxygen atoms in total. The first-order chi connectivity index (χ1) is 51.9. The predicted molar refractivity (Wildman–Crippen MR) is 442 cm³/mol.